The van der Waals surface area contributed by atoms with Crippen molar-refractivity contribution in [3.63, 3.8) is 0 Å². The fraction of sp³-hybridized carbons (Fsp3) is 0.250. The second-order valence-corrected chi connectivity index (χ2v) is 7.90. The maximum Gasteiger partial charge on any atom is 0.250 e. The van der Waals surface area contributed by atoms with Gasteiger partial charge < -0.3 is 11.1 Å². The number of halogens is 2. The van der Waals surface area contributed by atoms with Gasteiger partial charge >= 0.3 is 0 Å². The quantitative estimate of drug-likeness (QED) is 0.779. The summed E-state index contributed by atoms with van der Waals surface area (Å²) < 4.78 is 1.04. The number of nitrogens with zero attached hydrogens (tertiary/aromatic N) is 1. The summed E-state index contributed by atoms with van der Waals surface area (Å²) in [6, 6.07) is 7.94. The van der Waals surface area contributed by atoms with Crippen LogP contribution < -0.4 is 11.1 Å². The molecule has 1 aliphatic heterocycles. The van der Waals surface area contributed by atoms with Gasteiger partial charge in [-0.2, -0.15) is 0 Å². The summed E-state index contributed by atoms with van der Waals surface area (Å²) in [5.74, 6) is 1.45. The Morgan fingerprint density at radius 2 is 2.26 bits per heavy atom. The van der Waals surface area contributed by atoms with E-state index in [1.54, 1.807) is 6.07 Å². The lowest BCUT2D eigenvalue weighted by Crippen LogP contribution is -2.25. The average molecular weight is 413 g/mol. The lowest BCUT2D eigenvalue weighted by Gasteiger charge is -2.32. The Morgan fingerprint density at radius 3 is 2.96 bits per heavy atom. The highest BCUT2D eigenvalue weighted by Gasteiger charge is 2.28. The third-order valence-corrected chi connectivity index (χ3v) is 5.95. The van der Waals surface area contributed by atoms with Crippen LogP contribution in [-0.2, 0) is 0 Å². The summed E-state index contributed by atoms with van der Waals surface area (Å²) in [6.45, 7) is 2.19. The van der Waals surface area contributed by atoms with Crippen LogP contribution in [0.25, 0.3) is 0 Å². The van der Waals surface area contributed by atoms with Crippen LogP contribution in [0.3, 0.4) is 0 Å². The number of nitrogens with two attached hydrogens (primary N) is 1. The van der Waals surface area contributed by atoms with Gasteiger partial charge in [-0.1, -0.05) is 34.5 Å². The third-order valence-electron chi connectivity index (χ3n) is 3.80. The van der Waals surface area contributed by atoms with Crippen LogP contribution in [0.1, 0.15) is 28.9 Å². The van der Waals surface area contributed by atoms with Gasteiger partial charge in [0.1, 0.15) is 5.82 Å². The molecule has 2 unspecified atom stereocenters. The molecule has 2 heterocycles. The zero-order valence-corrected chi connectivity index (χ0v) is 15.5. The summed E-state index contributed by atoms with van der Waals surface area (Å²) in [4.78, 5) is 16.7. The van der Waals surface area contributed by atoms with E-state index in [1.165, 1.54) is 16.7 Å². The van der Waals surface area contributed by atoms with Crippen molar-refractivity contribution in [2.75, 3.05) is 11.1 Å². The molecule has 1 aromatic heterocycles. The predicted molar refractivity (Wildman–Crippen MR) is 98.2 cm³/mol. The van der Waals surface area contributed by atoms with Crippen molar-refractivity contribution in [2.24, 2.45) is 11.7 Å². The fourth-order valence-electron chi connectivity index (χ4n) is 2.56. The van der Waals surface area contributed by atoms with Crippen molar-refractivity contribution in [3.8, 4) is 0 Å². The molecule has 1 aromatic carbocycles. The van der Waals surface area contributed by atoms with Crippen LogP contribution in [0.4, 0.5) is 5.82 Å². The van der Waals surface area contributed by atoms with Crippen molar-refractivity contribution in [3.05, 3.63) is 51.1 Å². The smallest absolute Gasteiger partial charge is 0.250 e. The number of aromatic nitrogens is 1. The zero-order chi connectivity index (χ0) is 16.6. The van der Waals surface area contributed by atoms with Gasteiger partial charge in [-0.05, 0) is 35.7 Å². The van der Waals surface area contributed by atoms with Gasteiger partial charge in [0, 0.05) is 21.3 Å². The standard InChI is InChI=1S/C16H15BrClN3OS/c1-8-7-23-13-3-2-10(17)5-11(13)14(8)21-16-12(18)4-9(6-20-16)15(19)22/h2-6,8,14H,7H2,1H3,(H2,19,22)(H,20,21). The van der Waals surface area contributed by atoms with Crippen molar-refractivity contribution in [2.45, 2.75) is 17.9 Å². The van der Waals surface area contributed by atoms with Gasteiger partial charge in [0.25, 0.3) is 0 Å². The summed E-state index contributed by atoms with van der Waals surface area (Å²) in [7, 11) is 0. The molecule has 0 aliphatic carbocycles. The Bertz CT molecular complexity index is 771. The number of rotatable bonds is 3. The largest absolute Gasteiger partial charge is 0.366 e. The second kappa shape index (κ2) is 6.71. The molecule has 0 saturated heterocycles. The summed E-state index contributed by atoms with van der Waals surface area (Å²) >= 11 is 11.6. The van der Waals surface area contributed by atoms with Gasteiger partial charge in [-0.25, -0.2) is 4.98 Å². The van der Waals surface area contributed by atoms with E-state index in [9.17, 15) is 4.79 Å². The van der Waals surface area contributed by atoms with E-state index in [-0.39, 0.29) is 6.04 Å². The van der Waals surface area contributed by atoms with E-state index in [0.717, 1.165) is 10.2 Å². The SMILES string of the molecule is CC1CSc2ccc(Br)cc2C1Nc1ncc(C(N)=O)cc1Cl. The van der Waals surface area contributed by atoms with Crippen LogP contribution in [-0.4, -0.2) is 16.6 Å². The van der Waals surface area contributed by atoms with E-state index < -0.39 is 5.91 Å². The van der Waals surface area contributed by atoms with E-state index in [4.69, 9.17) is 17.3 Å². The molecule has 120 valence electrons. The minimum absolute atomic E-state index is 0.105. The number of carbonyl (C=O) groups is 1. The first-order valence-electron chi connectivity index (χ1n) is 7.10. The number of pyridine rings is 1. The predicted octanol–water partition coefficient (Wildman–Crippen LogP) is 4.49. The van der Waals surface area contributed by atoms with Crippen molar-refractivity contribution in [1.29, 1.82) is 0 Å². The number of amides is 1. The third kappa shape index (κ3) is 3.49. The van der Waals surface area contributed by atoms with E-state index in [2.05, 4.69) is 45.3 Å². The van der Waals surface area contributed by atoms with Crippen molar-refractivity contribution < 1.29 is 4.79 Å². The van der Waals surface area contributed by atoms with E-state index in [0.29, 0.717) is 22.3 Å². The molecule has 0 saturated carbocycles. The molecule has 2 atom stereocenters. The lowest BCUT2D eigenvalue weighted by molar-refractivity contribution is 0.1000. The first kappa shape index (κ1) is 16.6. The molecule has 1 aliphatic rings. The van der Waals surface area contributed by atoms with Gasteiger partial charge in [-0.15, -0.1) is 11.8 Å². The number of carbonyl (C=O) groups excluding carboxylic acids is 1. The summed E-state index contributed by atoms with van der Waals surface area (Å²) in [5, 5.41) is 3.81. The van der Waals surface area contributed by atoms with Crippen LogP contribution in [0, 0.1) is 5.92 Å². The minimum Gasteiger partial charge on any atom is -0.366 e. The minimum atomic E-state index is -0.539. The van der Waals surface area contributed by atoms with Gasteiger partial charge in [-0.3, -0.25) is 4.79 Å². The molecule has 2 aromatic rings. The number of primary amides is 1. The number of thioether (sulfide) groups is 1. The normalized spacial score (nSPS) is 20.0. The maximum absolute atomic E-state index is 11.2. The first-order chi connectivity index (χ1) is 11.0. The molecule has 3 N–H and O–H groups in total. The number of benzene rings is 1. The number of nitrogens with one attached hydrogen (secondary N) is 1. The highest BCUT2D eigenvalue weighted by molar-refractivity contribution is 9.10. The van der Waals surface area contributed by atoms with Crippen molar-refractivity contribution >= 4 is 51.0 Å². The molecule has 0 bridgehead atoms. The Labute approximate surface area is 152 Å². The molecule has 7 heteroatoms. The van der Waals surface area contributed by atoms with Gasteiger partial charge in [0.2, 0.25) is 5.91 Å². The molecule has 4 nitrogen and oxygen atoms in total. The zero-order valence-electron chi connectivity index (χ0n) is 12.3. The van der Waals surface area contributed by atoms with Gasteiger partial charge in [0.15, 0.2) is 0 Å². The Hall–Kier alpha value is -1.24. The van der Waals surface area contributed by atoms with Crippen LogP contribution >= 0.6 is 39.3 Å². The topological polar surface area (TPSA) is 68.0 Å². The highest BCUT2D eigenvalue weighted by atomic mass is 79.9. The molecule has 0 spiro atoms. The molecule has 0 fully saturated rings. The number of hydrogen-bond donors (Lipinski definition) is 2. The molecule has 0 radical (unpaired) electrons. The van der Waals surface area contributed by atoms with E-state index in [1.807, 2.05) is 17.8 Å². The number of fused-ring (bicyclic) bond motifs is 1. The second-order valence-electron chi connectivity index (χ2n) is 5.51. The maximum atomic E-state index is 11.2. The lowest BCUT2D eigenvalue weighted by atomic mass is 9.95. The Morgan fingerprint density at radius 1 is 1.48 bits per heavy atom. The monoisotopic (exact) mass is 411 g/mol. The number of anilines is 1. The fourth-order valence-corrected chi connectivity index (χ4v) is 4.32. The summed E-state index contributed by atoms with van der Waals surface area (Å²) in [5.41, 5.74) is 6.78. The molecular formula is C16H15BrClN3OS. The highest BCUT2D eigenvalue weighted by Crippen LogP contribution is 2.42. The molecule has 23 heavy (non-hydrogen) atoms. The van der Waals surface area contributed by atoms with Gasteiger partial charge in [0.05, 0.1) is 16.6 Å². The van der Waals surface area contributed by atoms with Crippen LogP contribution in [0.15, 0.2) is 39.8 Å². The average Bonchev–Trinajstić information content (AvgIpc) is 2.51. The first-order valence-corrected chi connectivity index (χ1v) is 9.25. The molecular weight excluding hydrogens is 398 g/mol. The van der Waals surface area contributed by atoms with Crippen molar-refractivity contribution in [1.82, 2.24) is 4.98 Å². The summed E-state index contributed by atoms with van der Waals surface area (Å²) in [6.07, 6.45) is 1.45. The Kier molecular flexibility index (Phi) is 4.85. The number of hydrogen-bond acceptors (Lipinski definition) is 4. The Balaban J connectivity index is 1.94. The molecule has 3 rings (SSSR count). The van der Waals surface area contributed by atoms with E-state index >= 15 is 0 Å². The molecule has 1 amide bonds. The van der Waals surface area contributed by atoms with Crippen LogP contribution in [0.2, 0.25) is 5.02 Å². The van der Waals surface area contributed by atoms with Crippen LogP contribution in [0.5, 0.6) is 0 Å².